The Kier molecular flexibility index (Phi) is 7.39. The summed E-state index contributed by atoms with van der Waals surface area (Å²) < 4.78 is 0. The number of nitrogens with one attached hydrogen (secondary N) is 2. The van der Waals surface area contributed by atoms with Crippen molar-refractivity contribution in [2.24, 2.45) is 0 Å². The lowest BCUT2D eigenvalue weighted by atomic mass is 9.98. The highest BCUT2D eigenvalue weighted by Crippen LogP contribution is 2.43. The van der Waals surface area contributed by atoms with Gasteiger partial charge in [0.25, 0.3) is 11.8 Å². The van der Waals surface area contributed by atoms with Gasteiger partial charge < -0.3 is 10.6 Å². The number of aryl methyl sites for hydroxylation is 1. The van der Waals surface area contributed by atoms with E-state index in [4.69, 9.17) is 0 Å². The maximum absolute atomic E-state index is 14.1. The van der Waals surface area contributed by atoms with E-state index in [-0.39, 0.29) is 30.1 Å². The van der Waals surface area contributed by atoms with Crippen LogP contribution in [0.4, 0.5) is 22.7 Å². The number of benzene rings is 4. The number of hydrogen-bond acceptors (Lipinski definition) is 6. The van der Waals surface area contributed by atoms with Gasteiger partial charge in [-0.15, -0.1) is 22.7 Å². The molecule has 8 heteroatoms. The summed E-state index contributed by atoms with van der Waals surface area (Å²) in [6, 6.07) is 42.0. The molecule has 4 aromatic carbocycles. The zero-order valence-electron chi connectivity index (χ0n) is 25.9. The van der Waals surface area contributed by atoms with Crippen LogP contribution < -0.4 is 20.4 Å². The van der Waals surface area contributed by atoms with Crippen molar-refractivity contribution in [3.8, 4) is 0 Å². The van der Waals surface area contributed by atoms with Crippen LogP contribution in [-0.4, -0.2) is 11.8 Å². The number of carbonyl (C=O) groups excluding carboxylic acids is 2. The SMILES string of the molecule is Cc1ccc(C2Nc3ccccc3C(=O)N2c2cccc(C(C)c3ccc(C4Nc5ccccc5C(=O)N4c4ccccc4)s3)c2)s1. The van der Waals surface area contributed by atoms with Crippen LogP contribution in [0.1, 0.15) is 71.0 Å². The molecule has 3 unspecified atom stereocenters. The van der Waals surface area contributed by atoms with E-state index >= 15 is 0 Å². The second kappa shape index (κ2) is 11.9. The molecule has 2 aliphatic rings. The molecule has 0 radical (unpaired) electrons. The first-order chi connectivity index (χ1) is 23.0. The molecule has 47 heavy (non-hydrogen) atoms. The molecular weight excluding hydrogens is 621 g/mol. The highest BCUT2D eigenvalue weighted by molar-refractivity contribution is 7.12. The van der Waals surface area contributed by atoms with Crippen LogP contribution in [0, 0.1) is 6.92 Å². The zero-order chi connectivity index (χ0) is 32.1. The fourth-order valence-electron chi connectivity index (χ4n) is 6.48. The topological polar surface area (TPSA) is 64.7 Å². The van der Waals surface area contributed by atoms with Gasteiger partial charge in [-0.05, 0) is 85.3 Å². The van der Waals surface area contributed by atoms with Crippen LogP contribution in [0.3, 0.4) is 0 Å². The Morgan fingerprint density at radius 3 is 1.79 bits per heavy atom. The summed E-state index contributed by atoms with van der Waals surface area (Å²) in [4.78, 5) is 36.1. The number of rotatable bonds is 6. The van der Waals surface area contributed by atoms with Gasteiger partial charge in [0.1, 0.15) is 12.3 Å². The van der Waals surface area contributed by atoms with E-state index in [2.05, 4.69) is 60.9 Å². The van der Waals surface area contributed by atoms with Crippen molar-refractivity contribution >= 4 is 57.2 Å². The molecule has 0 saturated heterocycles. The van der Waals surface area contributed by atoms with Crippen molar-refractivity contribution in [2.75, 3.05) is 20.4 Å². The summed E-state index contributed by atoms with van der Waals surface area (Å²) in [6.07, 6.45) is -0.652. The van der Waals surface area contributed by atoms with Crippen LogP contribution in [0.25, 0.3) is 0 Å². The van der Waals surface area contributed by atoms with Gasteiger partial charge in [0.15, 0.2) is 0 Å². The average Bonchev–Trinajstić information content (AvgIpc) is 3.78. The summed E-state index contributed by atoms with van der Waals surface area (Å²) in [6.45, 7) is 4.29. The van der Waals surface area contributed by atoms with E-state index < -0.39 is 0 Å². The predicted molar refractivity (Wildman–Crippen MR) is 193 cm³/mol. The van der Waals surface area contributed by atoms with Crippen LogP contribution in [0.15, 0.2) is 127 Å². The summed E-state index contributed by atoms with van der Waals surface area (Å²) in [5.74, 6) is 0.0177. The Morgan fingerprint density at radius 2 is 1.15 bits per heavy atom. The molecule has 8 rings (SSSR count). The van der Waals surface area contributed by atoms with Gasteiger partial charge in [0.2, 0.25) is 0 Å². The molecule has 2 aromatic heterocycles. The van der Waals surface area contributed by atoms with Crippen molar-refractivity contribution in [3.05, 3.63) is 164 Å². The molecule has 0 saturated carbocycles. The Bertz CT molecular complexity index is 2120. The van der Waals surface area contributed by atoms with Gasteiger partial charge in [-0.3, -0.25) is 19.4 Å². The Morgan fingerprint density at radius 1 is 0.596 bits per heavy atom. The van der Waals surface area contributed by atoms with E-state index in [1.165, 1.54) is 9.75 Å². The molecule has 2 aliphatic heterocycles. The third-order valence-electron chi connectivity index (χ3n) is 8.91. The first-order valence-electron chi connectivity index (χ1n) is 15.7. The van der Waals surface area contributed by atoms with E-state index in [0.717, 1.165) is 38.1 Å². The van der Waals surface area contributed by atoms with Gasteiger partial charge >= 0.3 is 0 Å². The average molecular weight is 653 g/mol. The molecular formula is C39H32N4O2S2. The Balaban J connectivity index is 1.13. The molecule has 0 bridgehead atoms. The predicted octanol–water partition coefficient (Wildman–Crippen LogP) is 9.81. The highest BCUT2D eigenvalue weighted by atomic mass is 32.1. The molecule has 232 valence electrons. The fourth-order valence-corrected chi connectivity index (χ4v) is 8.54. The Hall–Kier alpha value is -5.18. The van der Waals surface area contributed by atoms with Crippen molar-refractivity contribution in [2.45, 2.75) is 32.1 Å². The van der Waals surface area contributed by atoms with Crippen LogP contribution >= 0.6 is 22.7 Å². The molecule has 6 aromatic rings. The van der Waals surface area contributed by atoms with Gasteiger partial charge in [0, 0.05) is 48.2 Å². The largest absolute Gasteiger partial charge is 0.360 e. The van der Waals surface area contributed by atoms with Crippen LogP contribution in [0.5, 0.6) is 0 Å². The summed E-state index contributed by atoms with van der Waals surface area (Å²) in [5.41, 5.74) is 5.82. The number of anilines is 4. The number of hydrogen-bond donors (Lipinski definition) is 2. The van der Waals surface area contributed by atoms with Crippen molar-refractivity contribution < 1.29 is 9.59 Å². The molecule has 2 amide bonds. The van der Waals surface area contributed by atoms with Crippen molar-refractivity contribution in [1.29, 1.82) is 0 Å². The van der Waals surface area contributed by atoms with E-state index in [9.17, 15) is 9.59 Å². The number of carbonyl (C=O) groups is 2. The van der Waals surface area contributed by atoms with E-state index in [0.29, 0.717) is 11.1 Å². The lowest BCUT2D eigenvalue weighted by molar-refractivity contribution is 0.0967. The van der Waals surface area contributed by atoms with Crippen molar-refractivity contribution in [1.82, 2.24) is 0 Å². The second-order valence-electron chi connectivity index (χ2n) is 11.9. The smallest absolute Gasteiger partial charge is 0.262 e. The summed E-state index contributed by atoms with van der Waals surface area (Å²) in [5, 5.41) is 7.27. The van der Waals surface area contributed by atoms with E-state index in [1.807, 2.05) is 101 Å². The molecule has 0 spiro atoms. The fraction of sp³-hybridized carbons (Fsp3) is 0.128. The number of fused-ring (bicyclic) bond motifs is 2. The lowest BCUT2D eigenvalue weighted by Crippen LogP contribution is -2.42. The maximum Gasteiger partial charge on any atom is 0.262 e. The second-order valence-corrected chi connectivity index (χ2v) is 14.3. The zero-order valence-corrected chi connectivity index (χ0v) is 27.5. The van der Waals surface area contributed by atoms with E-state index in [1.54, 1.807) is 22.7 Å². The summed E-state index contributed by atoms with van der Waals surface area (Å²) >= 11 is 3.40. The third kappa shape index (κ3) is 5.19. The van der Waals surface area contributed by atoms with Gasteiger partial charge in [-0.1, -0.05) is 61.5 Å². The normalized spacial score (nSPS) is 17.8. The first-order valence-corrected chi connectivity index (χ1v) is 17.3. The summed E-state index contributed by atoms with van der Waals surface area (Å²) in [7, 11) is 0. The van der Waals surface area contributed by atoms with Crippen molar-refractivity contribution in [3.63, 3.8) is 0 Å². The Labute approximate surface area is 281 Å². The maximum atomic E-state index is 14.1. The minimum Gasteiger partial charge on any atom is -0.360 e. The number of amides is 2. The van der Waals surface area contributed by atoms with Gasteiger partial charge in [-0.2, -0.15) is 0 Å². The number of thiophene rings is 2. The van der Waals surface area contributed by atoms with Crippen LogP contribution in [0.2, 0.25) is 0 Å². The first kappa shape index (κ1) is 29.2. The standard InChI is InChI=1S/C39H32N4O2S2/c1-24-19-20-34(46-24)36-40-32-18-9-7-16-30(32)39(45)43(36)28-14-10-11-26(23-28)25(2)33-21-22-35(47-33)37-41-31-17-8-6-15-29(31)38(44)42(37)27-12-4-3-5-13-27/h3-23,25,36-37,40-41H,1-2H3. The molecule has 6 nitrogen and oxygen atoms in total. The highest BCUT2D eigenvalue weighted by Gasteiger charge is 2.36. The van der Waals surface area contributed by atoms with Gasteiger partial charge in [-0.25, -0.2) is 0 Å². The lowest BCUT2D eigenvalue weighted by Gasteiger charge is -2.37. The van der Waals surface area contributed by atoms with Crippen LogP contribution in [-0.2, 0) is 0 Å². The molecule has 4 heterocycles. The number of para-hydroxylation sites is 3. The minimum atomic E-state index is -0.343. The number of nitrogens with zero attached hydrogens (tertiary/aromatic N) is 2. The molecule has 0 aliphatic carbocycles. The molecule has 3 atom stereocenters. The third-order valence-corrected chi connectivity index (χ3v) is 11.3. The molecule has 0 fully saturated rings. The quantitative estimate of drug-likeness (QED) is 0.188. The van der Waals surface area contributed by atoms with Gasteiger partial charge in [0.05, 0.1) is 11.1 Å². The minimum absolute atomic E-state index is 0.0204. The monoisotopic (exact) mass is 652 g/mol. The molecule has 2 N–H and O–H groups in total.